The highest BCUT2D eigenvalue weighted by Crippen LogP contribution is 2.50. The Balaban J connectivity index is 1.19. The first-order valence-electron chi connectivity index (χ1n) is 19.8. The number of rotatable bonds is 9. The van der Waals surface area contributed by atoms with Crippen LogP contribution >= 0.6 is 22.7 Å². The van der Waals surface area contributed by atoms with E-state index in [1.807, 2.05) is 22.7 Å². The molecule has 0 saturated heterocycles. The predicted octanol–water partition coefficient (Wildman–Crippen LogP) is 16.8. The van der Waals surface area contributed by atoms with E-state index in [9.17, 15) is 0 Å². The van der Waals surface area contributed by atoms with Crippen LogP contribution < -0.4 is 14.7 Å². The van der Waals surface area contributed by atoms with Gasteiger partial charge in [0.25, 0.3) is 0 Å². The second-order valence-corrected chi connectivity index (χ2v) is 16.8. The van der Waals surface area contributed by atoms with Gasteiger partial charge in [0.1, 0.15) is 0 Å². The van der Waals surface area contributed by atoms with Gasteiger partial charge in [0.05, 0.1) is 5.69 Å². The third-order valence-electron chi connectivity index (χ3n) is 11.0. The van der Waals surface area contributed by atoms with Crippen LogP contribution in [-0.4, -0.2) is 0 Å². The first-order valence-corrected chi connectivity index (χ1v) is 21.5. The van der Waals surface area contributed by atoms with Gasteiger partial charge < -0.3 is 14.7 Å². The summed E-state index contributed by atoms with van der Waals surface area (Å²) >= 11 is 3.71. The fraction of sp³-hybridized carbons (Fsp3) is 0. The van der Waals surface area contributed by atoms with E-state index in [0.717, 1.165) is 51.2 Å². The molecule has 0 spiro atoms. The lowest BCUT2D eigenvalue weighted by Gasteiger charge is -2.30. The Kier molecular flexibility index (Phi) is 8.88. The van der Waals surface area contributed by atoms with Crippen LogP contribution in [0.1, 0.15) is 0 Å². The summed E-state index contributed by atoms with van der Waals surface area (Å²) in [7, 11) is 0. The van der Waals surface area contributed by atoms with Gasteiger partial charge in [-0.1, -0.05) is 115 Å². The molecule has 0 bridgehead atoms. The van der Waals surface area contributed by atoms with E-state index < -0.39 is 0 Å². The average Bonchev–Trinajstić information content (AvgIpc) is 3.86. The van der Waals surface area contributed by atoms with Crippen molar-refractivity contribution in [2.45, 2.75) is 0 Å². The third-order valence-corrected chi connectivity index (χ3v) is 13.2. The maximum Gasteiger partial charge on any atom is 0.0575 e. The van der Waals surface area contributed by atoms with Gasteiger partial charge >= 0.3 is 0 Å². The van der Waals surface area contributed by atoms with Gasteiger partial charge in [0, 0.05) is 85.8 Å². The molecule has 0 radical (unpaired) electrons. The van der Waals surface area contributed by atoms with E-state index in [1.165, 1.54) is 40.3 Å². The van der Waals surface area contributed by atoms with Crippen molar-refractivity contribution in [2.75, 3.05) is 14.7 Å². The molecule has 2 heterocycles. The topological polar surface area (TPSA) is 9.72 Å². The van der Waals surface area contributed by atoms with Crippen LogP contribution in [0.5, 0.6) is 0 Å². The Bertz CT molecular complexity index is 3140. The summed E-state index contributed by atoms with van der Waals surface area (Å²) in [5.41, 5.74) is 9.98. The van der Waals surface area contributed by atoms with Crippen molar-refractivity contribution >= 4 is 114 Å². The van der Waals surface area contributed by atoms with Gasteiger partial charge in [-0.3, -0.25) is 0 Å². The second-order valence-electron chi connectivity index (χ2n) is 14.6. The number of thiophene rings is 2. The molecule has 2 aromatic heterocycles. The number of fused-ring (bicyclic) bond motifs is 6. The van der Waals surface area contributed by atoms with Crippen molar-refractivity contribution < 1.29 is 0 Å². The van der Waals surface area contributed by atoms with Gasteiger partial charge in [0.2, 0.25) is 0 Å². The van der Waals surface area contributed by atoms with E-state index in [4.69, 9.17) is 0 Å². The molecule has 59 heavy (non-hydrogen) atoms. The van der Waals surface area contributed by atoms with Crippen molar-refractivity contribution in [1.29, 1.82) is 0 Å². The van der Waals surface area contributed by atoms with E-state index in [0.29, 0.717) is 0 Å². The average molecular weight is 792 g/mol. The zero-order valence-corrected chi connectivity index (χ0v) is 33.7. The van der Waals surface area contributed by atoms with Crippen molar-refractivity contribution in [2.24, 2.45) is 0 Å². The van der Waals surface area contributed by atoms with Crippen LogP contribution in [0.25, 0.3) is 40.3 Å². The highest BCUT2D eigenvalue weighted by molar-refractivity contribution is 7.26. The van der Waals surface area contributed by atoms with E-state index in [-0.39, 0.29) is 0 Å². The smallest absolute Gasteiger partial charge is 0.0575 e. The lowest BCUT2D eigenvalue weighted by Crippen LogP contribution is -2.13. The molecule has 0 unspecified atom stereocenters. The van der Waals surface area contributed by atoms with Crippen LogP contribution in [0.4, 0.5) is 51.2 Å². The van der Waals surface area contributed by atoms with Gasteiger partial charge in [0.15, 0.2) is 0 Å². The summed E-state index contributed by atoms with van der Waals surface area (Å²) in [5, 5.41) is 5.03. The maximum atomic E-state index is 2.43. The standard InChI is InChI=1S/C54H37N3S2/c1-6-18-38(19-7-1)55(39-20-8-2-9-21-39)43-31-33-51-48(34-43)54-49(57(41-24-12-4-13-25-41)42-26-14-5-15-27-42)35-45(37-53(54)59-51)56(40-22-10-3-11-23-40)44-30-32-47-46-28-16-17-29-50(46)58-52(47)36-44/h1-37H. The summed E-state index contributed by atoms with van der Waals surface area (Å²) in [5.74, 6) is 0. The number of hydrogen-bond donors (Lipinski definition) is 0. The maximum absolute atomic E-state index is 2.43. The molecule has 0 saturated carbocycles. The van der Waals surface area contributed by atoms with Crippen molar-refractivity contribution in [3.63, 3.8) is 0 Å². The number of benzene rings is 9. The SMILES string of the molecule is c1ccc(N(c2ccc3c(c2)sc2ccccc23)c2cc(N(c3ccccc3)c3ccccc3)c3c(c2)sc2ccc(N(c4ccccc4)c4ccccc4)cc23)cc1. The molecule has 0 aliphatic carbocycles. The molecule has 11 rings (SSSR count). The van der Waals surface area contributed by atoms with Gasteiger partial charge in [-0.05, 0) is 109 Å². The number of nitrogens with zero attached hydrogens (tertiary/aromatic N) is 3. The zero-order chi connectivity index (χ0) is 39.1. The number of para-hydroxylation sites is 5. The van der Waals surface area contributed by atoms with E-state index in [2.05, 4.69) is 239 Å². The van der Waals surface area contributed by atoms with Gasteiger partial charge in [-0.2, -0.15) is 0 Å². The summed E-state index contributed by atoms with van der Waals surface area (Å²) in [6.45, 7) is 0. The van der Waals surface area contributed by atoms with Crippen molar-refractivity contribution in [1.82, 2.24) is 0 Å². The fourth-order valence-electron chi connectivity index (χ4n) is 8.36. The van der Waals surface area contributed by atoms with Gasteiger partial charge in [-0.25, -0.2) is 0 Å². The molecule has 11 aromatic rings. The zero-order valence-electron chi connectivity index (χ0n) is 32.0. The highest BCUT2D eigenvalue weighted by Gasteiger charge is 2.24. The first-order chi connectivity index (χ1) is 29.3. The Hall–Kier alpha value is -7.18. The highest BCUT2D eigenvalue weighted by atomic mass is 32.1. The minimum Gasteiger partial charge on any atom is -0.310 e. The van der Waals surface area contributed by atoms with Crippen LogP contribution in [0.3, 0.4) is 0 Å². The van der Waals surface area contributed by atoms with Crippen LogP contribution in [0.15, 0.2) is 224 Å². The Morgan fingerprint density at radius 3 is 1.22 bits per heavy atom. The molecule has 0 aliphatic rings. The van der Waals surface area contributed by atoms with Crippen LogP contribution in [0.2, 0.25) is 0 Å². The molecule has 0 atom stereocenters. The summed E-state index contributed by atoms with van der Waals surface area (Å²) in [6, 6.07) is 81.0. The quantitative estimate of drug-likeness (QED) is 0.144. The normalized spacial score (nSPS) is 11.4. The van der Waals surface area contributed by atoms with Crippen molar-refractivity contribution in [3.05, 3.63) is 224 Å². The van der Waals surface area contributed by atoms with Gasteiger partial charge in [-0.15, -0.1) is 22.7 Å². The third kappa shape index (κ3) is 6.38. The summed E-state index contributed by atoms with van der Waals surface area (Å²) in [4.78, 5) is 7.20. The monoisotopic (exact) mass is 791 g/mol. The first kappa shape index (κ1) is 35.0. The number of anilines is 9. The molecular formula is C54H37N3S2. The molecule has 0 amide bonds. The van der Waals surface area contributed by atoms with E-state index in [1.54, 1.807) is 0 Å². The molecule has 5 heteroatoms. The largest absolute Gasteiger partial charge is 0.310 e. The predicted molar refractivity (Wildman–Crippen MR) is 256 cm³/mol. The molecule has 3 nitrogen and oxygen atoms in total. The minimum absolute atomic E-state index is 1.10. The summed E-state index contributed by atoms with van der Waals surface area (Å²) < 4.78 is 5.04. The lowest BCUT2D eigenvalue weighted by molar-refractivity contribution is 1.27. The van der Waals surface area contributed by atoms with Crippen LogP contribution in [-0.2, 0) is 0 Å². The Morgan fingerprint density at radius 1 is 0.237 bits per heavy atom. The lowest BCUT2D eigenvalue weighted by atomic mass is 10.0. The van der Waals surface area contributed by atoms with Crippen LogP contribution in [0, 0.1) is 0 Å². The molecular weight excluding hydrogens is 755 g/mol. The number of hydrogen-bond acceptors (Lipinski definition) is 5. The fourth-order valence-corrected chi connectivity index (χ4v) is 10.6. The molecule has 280 valence electrons. The van der Waals surface area contributed by atoms with Crippen molar-refractivity contribution in [3.8, 4) is 0 Å². The molecule has 0 fully saturated rings. The molecule has 0 N–H and O–H groups in total. The summed E-state index contributed by atoms with van der Waals surface area (Å²) in [6.07, 6.45) is 0. The Labute approximate surface area is 351 Å². The minimum atomic E-state index is 1.10. The Morgan fingerprint density at radius 2 is 0.644 bits per heavy atom. The molecule has 0 aliphatic heterocycles. The van der Waals surface area contributed by atoms with E-state index >= 15 is 0 Å². The second kappa shape index (κ2) is 15.0. The molecule has 9 aromatic carbocycles.